The zero-order valence-corrected chi connectivity index (χ0v) is 51.0. The maximum atomic E-state index is 2.69. The van der Waals surface area contributed by atoms with Gasteiger partial charge in [0, 0.05) is 22.7 Å². The van der Waals surface area contributed by atoms with E-state index in [2.05, 4.69) is 367 Å². The number of anilines is 9. The quantitative estimate of drug-likeness (QED) is 0.113. The number of hydrogen-bond acceptors (Lipinski definition) is 3. The molecule has 0 bridgehead atoms. The molecule has 17 rings (SSSR count). The molecule has 0 unspecified atom stereocenters. The molecule has 3 nitrogen and oxygen atoms in total. The summed E-state index contributed by atoms with van der Waals surface area (Å²) in [6.07, 6.45) is 0. The first-order valence-corrected chi connectivity index (χ1v) is 32.7. The van der Waals surface area contributed by atoms with Crippen LogP contribution in [0.15, 0.2) is 352 Å². The molecular formula is C85H58BN3Se. The fraction of sp³-hybridized carbons (Fsp3) is 0.0118. The Morgan fingerprint density at radius 1 is 0.289 bits per heavy atom. The summed E-state index contributed by atoms with van der Waals surface area (Å²) in [4.78, 5) is 7.53. The molecule has 0 fully saturated rings. The van der Waals surface area contributed by atoms with Crippen LogP contribution in [0.25, 0.3) is 52.7 Å². The molecule has 0 aliphatic carbocycles. The Hall–Kier alpha value is -10.9. The van der Waals surface area contributed by atoms with Crippen LogP contribution in [-0.4, -0.2) is 21.2 Å². The van der Waals surface area contributed by atoms with Crippen molar-refractivity contribution < 1.29 is 0 Å². The molecule has 90 heavy (non-hydrogen) atoms. The van der Waals surface area contributed by atoms with Gasteiger partial charge in [0.2, 0.25) is 0 Å². The number of rotatable bonds is 12. The minimum absolute atomic E-state index is 0.212. The third kappa shape index (κ3) is 8.80. The Kier molecular flexibility index (Phi) is 13.2. The van der Waals surface area contributed by atoms with Gasteiger partial charge >= 0.3 is 355 Å². The molecule has 0 radical (unpaired) electrons. The second-order valence-corrected chi connectivity index (χ2v) is 25.8. The third-order valence-corrected chi connectivity index (χ3v) is 21.0. The van der Waals surface area contributed by atoms with Crippen LogP contribution in [0.3, 0.4) is 0 Å². The number of para-hydroxylation sites is 5. The van der Waals surface area contributed by atoms with E-state index in [9.17, 15) is 0 Å². The van der Waals surface area contributed by atoms with Crippen molar-refractivity contribution in [3.8, 4) is 33.4 Å². The van der Waals surface area contributed by atoms with E-state index in [0.29, 0.717) is 0 Å². The molecule has 3 heterocycles. The van der Waals surface area contributed by atoms with Gasteiger partial charge in [0.05, 0.1) is 0 Å². The molecule has 5 heteroatoms. The van der Waals surface area contributed by atoms with Crippen molar-refractivity contribution in [3.05, 3.63) is 374 Å². The molecule has 2 aliphatic rings. The summed E-state index contributed by atoms with van der Waals surface area (Å²) in [6.45, 7) is -0.212. The monoisotopic (exact) mass is 1210 g/mol. The first-order valence-electron chi connectivity index (χ1n) is 31.0. The predicted molar refractivity (Wildman–Crippen MR) is 382 cm³/mol. The Morgan fingerprint density at radius 3 is 1.28 bits per heavy atom. The molecule has 422 valence electrons. The van der Waals surface area contributed by atoms with Crippen molar-refractivity contribution >= 4 is 108 Å². The van der Waals surface area contributed by atoms with E-state index in [1.54, 1.807) is 0 Å². The van der Waals surface area contributed by atoms with Gasteiger partial charge in [-0.05, 0) is 48.5 Å². The van der Waals surface area contributed by atoms with Crippen LogP contribution in [0.4, 0.5) is 51.2 Å². The number of hydrogen-bond donors (Lipinski definition) is 0. The second kappa shape index (κ2) is 22.3. The van der Waals surface area contributed by atoms with Gasteiger partial charge in [0.1, 0.15) is 0 Å². The molecule has 0 N–H and O–H groups in total. The summed E-state index contributed by atoms with van der Waals surface area (Å²) < 4.78 is 2.86. The molecule has 2 aliphatic heterocycles. The van der Waals surface area contributed by atoms with Crippen molar-refractivity contribution in [2.24, 2.45) is 0 Å². The number of benzene rings is 14. The minimum atomic E-state index is -0.850. The van der Waals surface area contributed by atoms with Crippen molar-refractivity contribution in [1.29, 1.82) is 0 Å². The van der Waals surface area contributed by atoms with E-state index in [0.717, 1.165) is 79.0 Å². The van der Waals surface area contributed by atoms with E-state index in [1.807, 2.05) is 0 Å². The normalized spacial score (nSPS) is 12.7. The molecule has 1 aromatic heterocycles. The van der Waals surface area contributed by atoms with Gasteiger partial charge < -0.3 is 0 Å². The Balaban J connectivity index is 1.06. The Labute approximate surface area is 532 Å². The summed E-state index contributed by atoms with van der Waals surface area (Å²) in [6, 6.07) is 131. The summed E-state index contributed by atoms with van der Waals surface area (Å²) in [5.41, 5.74) is 24.6. The first kappa shape index (κ1) is 53.3. The SMILES string of the molecule is c1ccc(-c2cccc(-c3ccccc3)c2N2c3cc(N(c4ccccc4)c4ccccc4)ccc3B3c4ccc(N(c5ccccc5)c5ccccc5)cc4C(c4ccccc4)(c4ccccc4)c4cc(-c5ccc6[se]c7ccccc7c6c5)cc2c43)cc1. The third-order valence-electron chi connectivity index (χ3n) is 18.5. The van der Waals surface area contributed by atoms with Gasteiger partial charge in [0.25, 0.3) is 0 Å². The van der Waals surface area contributed by atoms with Crippen molar-refractivity contribution in [3.63, 3.8) is 0 Å². The molecule has 0 saturated heterocycles. The van der Waals surface area contributed by atoms with E-state index in [-0.39, 0.29) is 21.2 Å². The average Bonchev–Trinajstić information content (AvgIpc) is 0.762. The standard InChI is InChI=1S/C85H58BN3Se/c1-9-28-59(29-10-1)71-45-27-46-72(60-30-11-2-12-31-60)84(71)89-79-58-70(88(67-40-21-7-22-41-67)68-42-23-8-24-43-68)50-52-78(79)86-77-51-49-69(87(65-36-17-5-18-37-65)66-38-19-6-20-39-66)57-75(77)85(63-32-13-3-14-33-63,64-34-15-4-16-35-64)76-55-62(56-80(89)83(76)86)61-48-53-82-74(54-61)73-44-25-26-47-81(73)90-82/h1-58H. The van der Waals surface area contributed by atoms with Crippen LogP contribution in [-0.2, 0) is 5.41 Å². The Bertz CT molecular complexity index is 4950. The van der Waals surface area contributed by atoms with Gasteiger partial charge in [0.15, 0.2) is 0 Å². The fourth-order valence-electron chi connectivity index (χ4n) is 14.7. The van der Waals surface area contributed by atoms with Gasteiger partial charge in [-0.3, -0.25) is 0 Å². The van der Waals surface area contributed by atoms with E-state index in [1.165, 1.54) is 63.5 Å². The van der Waals surface area contributed by atoms with Crippen LogP contribution >= 0.6 is 0 Å². The van der Waals surface area contributed by atoms with E-state index >= 15 is 0 Å². The smallest absolute Gasteiger partial charge is 0.0616 e. The summed E-state index contributed by atoms with van der Waals surface area (Å²) >= 11 is 0.213. The van der Waals surface area contributed by atoms with E-state index in [4.69, 9.17) is 0 Å². The van der Waals surface area contributed by atoms with Crippen molar-refractivity contribution in [1.82, 2.24) is 0 Å². The van der Waals surface area contributed by atoms with E-state index < -0.39 is 5.41 Å². The van der Waals surface area contributed by atoms with Crippen LogP contribution < -0.4 is 31.1 Å². The maximum absolute atomic E-state index is 2.69. The van der Waals surface area contributed by atoms with Gasteiger partial charge in [-0.15, -0.1) is 0 Å². The number of nitrogens with zero attached hydrogens (tertiary/aromatic N) is 3. The van der Waals surface area contributed by atoms with Crippen LogP contribution in [0.5, 0.6) is 0 Å². The average molecular weight is 1210 g/mol. The van der Waals surface area contributed by atoms with Crippen molar-refractivity contribution in [2.45, 2.75) is 5.41 Å². The molecular weight excluding hydrogens is 1150 g/mol. The van der Waals surface area contributed by atoms with Crippen LogP contribution in [0.2, 0.25) is 0 Å². The molecule has 14 aromatic carbocycles. The first-order chi connectivity index (χ1) is 44.7. The molecule has 0 atom stereocenters. The topological polar surface area (TPSA) is 9.72 Å². The zero-order chi connectivity index (χ0) is 59.5. The summed E-state index contributed by atoms with van der Waals surface area (Å²) in [5, 5.41) is 2.67. The Morgan fingerprint density at radius 2 is 0.744 bits per heavy atom. The van der Waals surface area contributed by atoms with Gasteiger partial charge in [-0.25, -0.2) is 0 Å². The fourth-order valence-corrected chi connectivity index (χ4v) is 17.0. The molecule has 0 amide bonds. The van der Waals surface area contributed by atoms with Crippen molar-refractivity contribution in [2.75, 3.05) is 14.7 Å². The molecule has 0 spiro atoms. The van der Waals surface area contributed by atoms with Crippen LogP contribution in [0.1, 0.15) is 22.3 Å². The summed E-state index contributed by atoms with van der Waals surface area (Å²) in [5.74, 6) is 0. The van der Waals surface area contributed by atoms with Gasteiger partial charge in [-0.2, -0.15) is 0 Å². The zero-order valence-electron chi connectivity index (χ0n) is 49.3. The molecule has 0 saturated carbocycles. The predicted octanol–water partition coefficient (Wildman–Crippen LogP) is 20.0. The minimum Gasteiger partial charge on any atom is -0.0616 e. The van der Waals surface area contributed by atoms with Crippen LogP contribution in [0, 0.1) is 0 Å². The second-order valence-electron chi connectivity index (χ2n) is 23.5. The summed E-state index contributed by atoms with van der Waals surface area (Å²) in [7, 11) is 0. The number of fused-ring (bicyclic) bond motifs is 7. The molecule has 15 aromatic rings. The van der Waals surface area contributed by atoms with Gasteiger partial charge in [-0.1, -0.05) is 109 Å².